The number of ether oxygens (including phenoxy) is 1. The van der Waals surface area contributed by atoms with Crippen LogP contribution in [-0.4, -0.2) is 18.0 Å². The Morgan fingerprint density at radius 3 is 2.52 bits per heavy atom. The van der Waals surface area contributed by atoms with E-state index in [0.29, 0.717) is 22.2 Å². The smallest absolute Gasteiger partial charge is 0.260 e. The van der Waals surface area contributed by atoms with Gasteiger partial charge in [-0.15, -0.1) is 0 Å². The standard InChI is InChI=1S/C19H16ClN3O2/c1-25-17-9-5-2-6-14(17)19(24)23-18-11-10-13(12-21-18)22-16-8-4-3-7-15(16)20/h2-12,22H,1H3,(H,21,23,24). The predicted molar refractivity (Wildman–Crippen MR) is 99.9 cm³/mol. The summed E-state index contributed by atoms with van der Waals surface area (Å²) in [5, 5.41) is 6.55. The van der Waals surface area contributed by atoms with Crippen LogP contribution in [0.1, 0.15) is 10.4 Å². The van der Waals surface area contributed by atoms with Crippen molar-refractivity contribution in [1.29, 1.82) is 0 Å². The molecule has 0 saturated heterocycles. The number of pyridine rings is 1. The van der Waals surface area contributed by atoms with Crippen molar-refractivity contribution < 1.29 is 9.53 Å². The maximum atomic E-state index is 12.4. The molecular formula is C19H16ClN3O2. The Morgan fingerprint density at radius 1 is 1.04 bits per heavy atom. The van der Waals surface area contributed by atoms with Crippen LogP contribution in [0.2, 0.25) is 5.02 Å². The molecule has 0 aliphatic rings. The number of hydrogen-bond donors (Lipinski definition) is 2. The summed E-state index contributed by atoms with van der Waals surface area (Å²) in [6.45, 7) is 0. The summed E-state index contributed by atoms with van der Waals surface area (Å²) in [4.78, 5) is 16.6. The van der Waals surface area contributed by atoms with Crippen LogP contribution in [0, 0.1) is 0 Å². The molecule has 0 unspecified atom stereocenters. The molecule has 0 aliphatic carbocycles. The molecule has 126 valence electrons. The highest BCUT2D eigenvalue weighted by atomic mass is 35.5. The number of para-hydroxylation sites is 2. The second-order valence-corrected chi connectivity index (χ2v) is 5.60. The van der Waals surface area contributed by atoms with Gasteiger partial charge in [-0.25, -0.2) is 4.98 Å². The third-order valence-electron chi connectivity index (χ3n) is 3.51. The summed E-state index contributed by atoms with van der Waals surface area (Å²) in [5.74, 6) is 0.675. The number of anilines is 3. The number of hydrogen-bond acceptors (Lipinski definition) is 4. The van der Waals surface area contributed by atoms with Gasteiger partial charge >= 0.3 is 0 Å². The number of benzene rings is 2. The van der Waals surface area contributed by atoms with Gasteiger partial charge in [0.25, 0.3) is 5.91 Å². The first kappa shape index (κ1) is 16.8. The van der Waals surface area contributed by atoms with Gasteiger partial charge in [-0.1, -0.05) is 35.9 Å². The molecule has 2 aromatic carbocycles. The normalized spacial score (nSPS) is 10.2. The maximum absolute atomic E-state index is 12.4. The molecule has 6 heteroatoms. The van der Waals surface area contributed by atoms with E-state index in [1.54, 1.807) is 36.5 Å². The molecule has 3 aromatic rings. The van der Waals surface area contributed by atoms with Gasteiger partial charge in [0.15, 0.2) is 0 Å². The first-order valence-electron chi connectivity index (χ1n) is 7.59. The molecule has 1 heterocycles. The first-order chi connectivity index (χ1) is 12.2. The van der Waals surface area contributed by atoms with Crippen LogP contribution < -0.4 is 15.4 Å². The van der Waals surface area contributed by atoms with Crippen LogP contribution in [0.3, 0.4) is 0 Å². The number of nitrogens with zero attached hydrogens (tertiary/aromatic N) is 1. The van der Waals surface area contributed by atoms with E-state index >= 15 is 0 Å². The average Bonchev–Trinajstić information content (AvgIpc) is 2.65. The van der Waals surface area contributed by atoms with Crippen molar-refractivity contribution in [2.45, 2.75) is 0 Å². The topological polar surface area (TPSA) is 63.2 Å². The van der Waals surface area contributed by atoms with Crippen LogP contribution >= 0.6 is 11.6 Å². The molecule has 0 atom stereocenters. The van der Waals surface area contributed by atoms with E-state index in [4.69, 9.17) is 16.3 Å². The SMILES string of the molecule is COc1ccccc1C(=O)Nc1ccc(Nc2ccccc2Cl)cn1. The lowest BCUT2D eigenvalue weighted by Crippen LogP contribution is -2.14. The van der Waals surface area contributed by atoms with E-state index < -0.39 is 0 Å². The van der Waals surface area contributed by atoms with Crippen LogP contribution in [0.5, 0.6) is 5.75 Å². The summed E-state index contributed by atoms with van der Waals surface area (Å²) in [6, 6.07) is 18.0. The van der Waals surface area contributed by atoms with Crippen LogP contribution in [-0.2, 0) is 0 Å². The van der Waals surface area contributed by atoms with Gasteiger partial charge in [-0.05, 0) is 36.4 Å². The lowest BCUT2D eigenvalue weighted by Gasteiger charge is -2.10. The van der Waals surface area contributed by atoms with Crippen molar-refractivity contribution in [2.24, 2.45) is 0 Å². The molecule has 0 radical (unpaired) electrons. The summed E-state index contributed by atoms with van der Waals surface area (Å²) < 4.78 is 5.20. The van der Waals surface area contributed by atoms with E-state index in [2.05, 4.69) is 15.6 Å². The quantitative estimate of drug-likeness (QED) is 0.695. The fourth-order valence-electron chi connectivity index (χ4n) is 2.28. The molecule has 5 nitrogen and oxygen atoms in total. The van der Waals surface area contributed by atoms with Gasteiger partial charge in [0.2, 0.25) is 0 Å². The van der Waals surface area contributed by atoms with Gasteiger partial charge in [0, 0.05) is 0 Å². The lowest BCUT2D eigenvalue weighted by molar-refractivity contribution is 0.102. The Morgan fingerprint density at radius 2 is 1.80 bits per heavy atom. The monoisotopic (exact) mass is 353 g/mol. The Kier molecular flexibility index (Phi) is 5.16. The Hall–Kier alpha value is -3.05. The number of halogens is 1. The zero-order valence-electron chi connectivity index (χ0n) is 13.5. The minimum absolute atomic E-state index is 0.281. The number of methoxy groups -OCH3 is 1. The van der Waals surface area contributed by atoms with Gasteiger partial charge in [0.1, 0.15) is 11.6 Å². The molecule has 2 N–H and O–H groups in total. The zero-order valence-corrected chi connectivity index (χ0v) is 14.2. The van der Waals surface area contributed by atoms with Crippen molar-refractivity contribution in [3.63, 3.8) is 0 Å². The highest BCUT2D eigenvalue weighted by Gasteiger charge is 2.12. The van der Waals surface area contributed by atoms with Crippen molar-refractivity contribution in [3.05, 3.63) is 77.4 Å². The largest absolute Gasteiger partial charge is 0.496 e. The zero-order chi connectivity index (χ0) is 17.6. The van der Waals surface area contributed by atoms with E-state index in [9.17, 15) is 4.79 Å². The summed E-state index contributed by atoms with van der Waals surface area (Å²) in [6.07, 6.45) is 1.63. The fraction of sp³-hybridized carbons (Fsp3) is 0.0526. The van der Waals surface area contributed by atoms with Crippen molar-refractivity contribution in [2.75, 3.05) is 17.7 Å². The molecule has 25 heavy (non-hydrogen) atoms. The van der Waals surface area contributed by atoms with Crippen molar-refractivity contribution in [1.82, 2.24) is 4.98 Å². The second-order valence-electron chi connectivity index (χ2n) is 5.19. The van der Waals surface area contributed by atoms with Gasteiger partial charge in [-0.3, -0.25) is 4.79 Å². The van der Waals surface area contributed by atoms with Gasteiger partial charge in [-0.2, -0.15) is 0 Å². The highest BCUT2D eigenvalue weighted by molar-refractivity contribution is 6.33. The van der Waals surface area contributed by atoms with E-state index in [1.165, 1.54) is 7.11 Å². The Balaban J connectivity index is 1.70. The lowest BCUT2D eigenvalue weighted by atomic mass is 10.2. The van der Waals surface area contributed by atoms with Crippen LogP contribution in [0.25, 0.3) is 0 Å². The number of carbonyl (C=O) groups is 1. The number of nitrogens with one attached hydrogen (secondary N) is 2. The molecule has 0 saturated carbocycles. The van der Waals surface area contributed by atoms with E-state index in [0.717, 1.165) is 11.4 Å². The van der Waals surface area contributed by atoms with Gasteiger partial charge in [0.05, 0.1) is 35.3 Å². The number of amides is 1. The van der Waals surface area contributed by atoms with E-state index in [-0.39, 0.29) is 5.91 Å². The minimum atomic E-state index is -0.281. The first-order valence-corrected chi connectivity index (χ1v) is 7.97. The Bertz CT molecular complexity index is 882. The third-order valence-corrected chi connectivity index (χ3v) is 3.84. The molecule has 1 amide bonds. The number of aromatic nitrogens is 1. The average molecular weight is 354 g/mol. The molecule has 0 spiro atoms. The molecular weight excluding hydrogens is 338 g/mol. The molecule has 0 bridgehead atoms. The van der Waals surface area contributed by atoms with Gasteiger partial charge < -0.3 is 15.4 Å². The second kappa shape index (κ2) is 7.68. The van der Waals surface area contributed by atoms with Crippen molar-refractivity contribution in [3.8, 4) is 5.75 Å². The molecule has 0 aliphatic heterocycles. The maximum Gasteiger partial charge on any atom is 0.260 e. The predicted octanol–water partition coefficient (Wildman–Crippen LogP) is 4.74. The summed E-state index contributed by atoms with van der Waals surface area (Å²) >= 11 is 6.12. The Labute approximate surface area is 150 Å². The molecule has 0 fully saturated rings. The minimum Gasteiger partial charge on any atom is -0.496 e. The number of rotatable bonds is 5. The number of carbonyl (C=O) groups excluding carboxylic acids is 1. The summed E-state index contributed by atoms with van der Waals surface area (Å²) in [5.41, 5.74) is 2.00. The molecule has 1 aromatic heterocycles. The van der Waals surface area contributed by atoms with Crippen LogP contribution in [0.15, 0.2) is 66.9 Å². The fourth-order valence-corrected chi connectivity index (χ4v) is 2.46. The molecule has 3 rings (SSSR count). The van der Waals surface area contributed by atoms with E-state index in [1.807, 2.05) is 30.3 Å². The third kappa shape index (κ3) is 4.08. The summed E-state index contributed by atoms with van der Waals surface area (Å²) in [7, 11) is 1.53. The highest BCUT2D eigenvalue weighted by Crippen LogP contribution is 2.25. The van der Waals surface area contributed by atoms with Crippen LogP contribution in [0.4, 0.5) is 17.2 Å². The van der Waals surface area contributed by atoms with Crippen molar-refractivity contribution >= 4 is 34.7 Å².